The van der Waals surface area contributed by atoms with Crippen LogP contribution < -0.4 is 0 Å². The van der Waals surface area contributed by atoms with Gasteiger partial charge in [-0.05, 0) is 38.5 Å². The minimum atomic E-state index is 0.124. The van der Waals surface area contributed by atoms with E-state index in [4.69, 9.17) is 0 Å². The lowest BCUT2D eigenvalue weighted by Gasteiger charge is -2.39. The number of hydrogen-bond donors (Lipinski definition) is 0. The molecule has 0 aromatic carbocycles. The third-order valence-corrected chi connectivity index (χ3v) is 5.62. The zero-order chi connectivity index (χ0) is 13.4. The molecule has 0 aliphatic heterocycles. The maximum absolute atomic E-state index is 12.6. The number of Topliss-reactive ketones (excluding diaryl/α,β-unsaturated/α-hetero) is 1. The number of carbonyl (C=O) groups is 2. The Kier molecular flexibility index (Phi) is 3.64. The molecule has 3 heteroatoms. The molecule has 0 spiro atoms. The van der Waals surface area contributed by atoms with Gasteiger partial charge in [-0.2, -0.15) is 0 Å². The second kappa shape index (κ2) is 5.26. The first-order chi connectivity index (χ1) is 9.16. The number of ketones is 1. The molecule has 0 aromatic rings. The quantitative estimate of drug-likeness (QED) is 0.768. The van der Waals surface area contributed by atoms with Crippen molar-refractivity contribution in [3.8, 4) is 0 Å². The second-order valence-corrected chi connectivity index (χ2v) is 6.78. The average molecular weight is 263 g/mol. The van der Waals surface area contributed by atoms with Gasteiger partial charge in [-0.1, -0.05) is 19.3 Å². The van der Waals surface area contributed by atoms with Gasteiger partial charge in [-0.3, -0.25) is 9.59 Å². The number of amides is 1. The van der Waals surface area contributed by atoms with Crippen molar-refractivity contribution in [2.45, 2.75) is 63.8 Å². The van der Waals surface area contributed by atoms with Gasteiger partial charge in [0.25, 0.3) is 0 Å². The van der Waals surface area contributed by atoms with Gasteiger partial charge in [0.05, 0.1) is 0 Å². The van der Waals surface area contributed by atoms with Crippen molar-refractivity contribution in [1.29, 1.82) is 0 Å². The van der Waals surface area contributed by atoms with E-state index in [1.165, 1.54) is 32.1 Å². The monoisotopic (exact) mass is 263 g/mol. The fraction of sp³-hybridized carbons (Fsp3) is 0.875. The molecule has 106 valence electrons. The molecule has 0 heterocycles. The highest BCUT2D eigenvalue weighted by atomic mass is 16.2. The minimum Gasteiger partial charge on any atom is -0.343 e. The molecule has 2 bridgehead atoms. The van der Waals surface area contributed by atoms with E-state index < -0.39 is 0 Å². The lowest BCUT2D eigenvalue weighted by molar-refractivity contribution is -0.143. The van der Waals surface area contributed by atoms with Crippen LogP contribution in [0, 0.1) is 17.8 Å². The average Bonchev–Trinajstić information content (AvgIpc) is 2.90. The van der Waals surface area contributed by atoms with Crippen LogP contribution in [0.3, 0.4) is 0 Å². The number of fused-ring (bicyclic) bond motifs is 2. The van der Waals surface area contributed by atoms with Crippen LogP contribution >= 0.6 is 0 Å². The van der Waals surface area contributed by atoms with E-state index in [1.807, 2.05) is 11.9 Å². The Morgan fingerprint density at radius 3 is 2.16 bits per heavy atom. The van der Waals surface area contributed by atoms with E-state index in [9.17, 15) is 9.59 Å². The van der Waals surface area contributed by atoms with E-state index >= 15 is 0 Å². The first kappa shape index (κ1) is 13.1. The number of rotatable bonds is 2. The molecule has 3 aliphatic carbocycles. The normalized spacial score (nSPS) is 35.4. The second-order valence-electron chi connectivity index (χ2n) is 6.78. The lowest BCUT2D eigenvalue weighted by Crippen LogP contribution is -2.45. The largest absolute Gasteiger partial charge is 0.343 e. The summed E-state index contributed by atoms with van der Waals surface area (Å²) in [5.74, 6) is 1.28. The summed E-state index contributed by atoms with van der Waals surface area (Å²) in [5.41, 5.74) is 0. The summed E-state index contributed by atoms with van der Waals surface area (Å²) in [6.07, 6.45) is 9.73. The molecule has 3 nitrogen and oxygen atoms in total. The van der Waals surface area contributed by atoms with Gasteiger partial charge < -0.3 is 4.90 Å². The summed E-state index contributed by atoms with van der Waals surface area (Å²) < 4.78 is 0. The van der Waals surface area contributed by atoms with Gasteiger partial charge in [0.2, 0.25) is 5.91 Å². The van der Waals surface area contributed by atoms with Crippen molar-refractivity contribution in [3.63, 3.8) is 0 Å². The van der Waals surface area contributed by atoms with Crippen molar-refractivity contribution >= 4 is 11.7 Å². The molecule has 3 saturated carbocycles. The maximum atomic E-state index is 12.6. The van der Waals surface area contributed by atoms with Gasteiger partial charge in [-0.15, -0.1) is 0 Å². The molecule has 3 aliphatic rings. The molecular weight excluding hydrogens is 238 g/mol. The summed E-state index contributed by atoms with van der Waals surface area (Å²) in [6, 6.07) is 0.463. The topological polar surface area (TPSA) is 37.4 Å². The van der Waals surface area contributed by atoms with Crippen LogP contribution in [0.2, 0.25) is 0 Å². The van der Waals surface area contributed by atoms with E-state index in [1.54, 1.807) is 0 Å². The molecule has 2 atom stereocenters. The molecule has 3 rings (SSSR count). The Bertz CT molecular complexity index is 357. The molecule has 2 unspecified atom stereocenters. The first-order valence-electron chi connectivity index (χ1n) is 7.97. The highest BCUT2D eigenvalue weighted by molar-refractivity contribution is 5.88. The minimum absolute atomic E-state index is 0.124. The van der Waals surface area contributed by atoms with Gasteiger partial charge in [0.15, 0.2) is 0 Å². The Balaban J connectivity index is 1.65. The SMILES string of the molecule is CN(C(=O)C1CC2CCCC(C1)C2=O)C1CCCC1. The Morgan fingerprint density at radius 2 is 1.58 bits per heavy atom. The van der Waals surface area contributed by atoms with Gasteiger partial charge in [-0.25, -0.2) is 0 Å². The summed E-state index contributed by atoms with van der Waals surface area (Å²) in [6.45, 7) is 0. The fourth-order valence-corrected chi connectivity index (χ4v) is 4.44. The molecule has 0 aromatic heterocycles. The zero-order valence-electron chi connectivity index (χ0n) is 11.9. The smallest absolute Gasteiger partial charge is 0.225 e. The zero-order valence-corrected chi connectivity index (χ0v) is 11.9. The maximum Gasteiger partial charge on any atom is 0.225 e. The van der Waals surface area contributed by atoms with Crippen LogP contribution in [0.5, 0.6) is 0 Å². The van der Waals surface area contributed by atoms with Crippen molar-refractivity contribution in [2.75, 3.05) is 7.05 Å². The van der Waals surface area contributed by atoms with E-state index in [2.05, 4.69) is 0 Å². The standard InChI is InChI=1S/C16H25NO2/c1-17(14-7-2-3-8-14)16(19)13-9-11-5-4-6-12(10-13)15(11)18/h11-14H,2-10H2,1H3. The van der Waals surface area contributed by atoms with Crippen LogP contribution in [0.1, 0.15) is 57.8 Å². The van der Waals surface area contributed by atoms with E-state index in [0.29, 0.717) is 17.7 Å². The molecule has 0 radical (unpaired) electrons. The van der Waals surface area contributed by atoms with Crippen molar-refractivity contribution in [1.82, 2.24) is 4.90 Å². The lowest BCUT2D eigenvalue weighted by atomic mass is 9.67. The third-order valence-electron chi connectivity index (χ3n) is 5.62. The van der Waals surface area contributed by atoms with Crippen LogP contribution in [0.4, 0.5) is 0 Å². The number of carbonyl (C=O) groups excluding carboxylic acids is 2. The Hall–Kier alpha value is -0.860. The third kappa shape index (κ3) is 2.44. The van der Waals surface area contributed by atoms with Crippen molar-refractivity contribution < 1.29 is 9.59 Å². The summed E-state index contributed by atoms with van der Waals surface area (Å²) >= 11 is 0. The summed E-state index contributed by atoms with van der Waals surface area (Å²) in [5, 5.41) is 0. The number of hydrogen-bond acceptors (Lipinski definition) is 2. The summed E-state index contributed by atoms with van der Waals surface area (Å²) in [4.78, 5) is 26.7. The van der Waals surface area contributed by atoms with Crippen LogP contribution in [0.25, 0.3) is 0 Å². The Labute approximate surface area is 115 Å². The molecule has 0 saturated heterocycles. The molecule has 1 amide bonds. The van der Waals surface area contributed by atoms with Crippen molar-refractivity contribution in [2.24, 2.45) is 17.8 Å². The molecule has 0 N–H and O–H groups in total. The highest BCUT2D eigenvalue weighted by Crippen LogP contribution is 2.41. The van der Waals surface area contributed by atoms with E-state index in [-0.39, 0.29) is 17.8 Å². The number of nitrogens with zero attached hydrogens (tertiary/aromatic N) is 1. The molecule has 3 fully saturated rings. The van der Waals surface area contributed by atoms with Crippen LogP contribution in [0.15, 0.2) is 0 Å². The highest BCUT2D eigenvalue weighted by Gasteiger charge is 2.42. The van der Waals surface area contributed by atoms with Gasteiger partial charge >= 0.3 is 0 Å². The molecule has 19 heavy (non-hydrogen) atoms. The van der Waals surface area contributed by atoms with Crippen molar-refractivity contribution in [3.05, 3.63) is 0 Å². The summed E-state index contributed by atoms with van der Waals surface area (Å²) in [7, 11) is 1.98. The molecular formula is C16H25NO2. The fourth-order valence-electron chi connectivity index (χ4n) is 4.44. The van der Waals surface area contributed by atoms with E-state index in [0.717, 1.165) is 25.7 Å². The predicted octanol–water partition coefficient (Wildman–Crippen LogP) is 2.78. The van der Waals surface area contributed by atoms with Crippen LogP contribution in [-0.2, 0) is 9.59 Å². The predicted molar refractivity (Wildman–Crippen MR) is 73.6 cm³/mol. The van der Waals surface area contributed by atoms with Gasteiger partial charge in [0, 0.05) is 30.8 Å². The van der Waals surface area contributed by atoms with Gasteiger partial charge in [0.1, 0.15) is 5.78 Å². The Morgan fingerprint density at radius 1 is 1.00 bits per heavy atom. The first-order valence-corrected chi connectivity index (χ1v) is 7.97. The van der Waals surface area contributed by atoms with Crippen LogP contribution in [-0.4, -0.2) is 29.7 Å².